The number of nitrogens with zero attached hydrogens (tertiary/aromatic N) is 1. The van der Waals surface area contributed by atoms with Crippen LogP contribution in [-0.2, 0) is 4.74 Å². The van der Waals surface area contributed by atoms with E-state index in [0.717, 1.165) is 0 Å². The van der Waals surface area contributed by atoms with E-state index >= 15 is 0 Å². The molecule has 0 bridgehead atoms. The van der Waals surface area contributed by atoms with Crippen molar-refractivity contribution in [1.82, 2.24) is 4.90 Å². The maximum Gasteiger partial charge on any atom is 0.256 e. The Balaban J connectivity index is 2.98. The lowest BCUT2D eigenvalue weighted by molar-refractivity contribution is 0.0696. The summed E-state index contributed by atoms with van der Waals surface area (Å²) in [5.41, 5.74) is 5.46. The summed E-state index contributed by atoms with van der Waals surface area (Å²) in [6, 6.07) is 1.91. The summed E-state index contributed by atoms with van der Waals surface area (Å²) >= 11 is 4.78. The third-order valence-corrected chi connectivity index (χ3v) is 3.16. The second-order valence-electron chi connectivity index (χ2n) is 4.58. The van der Waals surface area contributed by atoms with Gasteiger partial charge in [-0.3, -0.25) is 4.79 Å². The van der Waals surface area contributed by atoms with Crippen LogP contribution < -0.4 is 5.73 Å². The number of nitrogens with two attached hydrogens (primary N) is 1. The van der Waals surface area contributed by atoms with E-state index < -0.39 is 17.5 Å². The van der Waals surface area contributed by atoms with Crippen LogP contribution in [0, 0.1) is 18.6 Å². The molecule has 0 aliphatic rings. The Kier molecular flexibility index (Phi) is 6.64. The van der Waals surface area contributed by atoms with Gasteiger partial charge in [-0.2, -0.15) is 0 Å². The van der Waals surface area contributed by atoms with Crippen LogP contribution in [0.1, 0.15) is 22.3 Å². The van der Waals surface area contributed by atoms with E-state index in [1.807, 2.05) is 0 Å². The number of benzene rings is 1. The summed E-state index contributed by atoms with van der Waals surface area (Å²) in [6.45, 7) is 2.30. The highest BCUT2D eigenvalue weighted by atomic mass is 32.1. The molecule has 7 heteroatoms. The molecule has 116 valence electrons. The molecule has 1 amide bonds. The number of thiocarbonyl (C=S) groups is 1. The van der Waals surface area contributed by atoms with Gasteiger partial charge in [-0.15, -0.1) is 0 Å². The minimum atomic E-state index is -0.888. The molecule has 1 rings (SSSR count). The highest BCUT2D eigenvalue weighted by Gasteiger charge is 2.20. The molecule has 0 radical (unpaired) electrons. The van der Waals surface area contributed by atoms with Crippen LogP contribution in [0.3, 0.4) is 0 Å². The van der Waals surface area contributed by atoms with Gasteiger partial charge < -0.3 is 15.4 Å². The largest absolute Gasteiger partial charge is 0.393 e. The van der Waals surface area contributed by atoms with Crippen molar-refractivity contribution >= 4 is 23.1 Å². The maximum absolute atomic E-state index is 13.8. The molecule has 0 saturated carbocycles. The fraction of sp³-hybridized carbons (Fsp3) is 0.429. The lowest BCUT2D eigenvalue weighted by Crippen LogP contribution is -2.36. The van der Waals surface area contributed by atoms with Crippen molar-refractivity contribution < 1.29 is 18.3 Å². The second-order valence-corrected chi connectivity index (χ2v) is 5.11. The lowest BCUT2D eigenvalue weighted by atomic mass is 10.1. The van der Waals surface area contributed by atoms with Crippen LogP contribution >= 0.6 is 12.2 Å². The molecule has 0 aliphatic carbocycles. The average Bonchev–Trinajstić information content (AvgIpc) is 2.42. The molecule has 0 aromatic heterocycles. The molecule has 21 heavy (non-hydrogen) atoms. The van der Waals surface area contributed by atoms with Crippen LogP contribution in [0.5, 0.6) is 0 Å². The summed E-state index contributed by atoms with van der Waals surface area (Å²) < 4.78 is 32.0. The van der Waals surface area contributed by atoms with Gasteiger partial charge in [0.05, 0.1) is 17.2 Å². The summed E-state index contributed by atoms with van der Waals surface area (Å²) in [5.74, 6) is -2.11. The van der Waals surface area contributed by atoms with Crippen molar-refractivity contribution in [1.29, 1.82) is 0 Å². The molecular weight excluding hydrogens is 298 g/mol. The van der Waals surface area contributed by atoms with E-state index in [1.165, 1.54) is 25.0 Å². The third kappa shape index (κ3) is 5.02. The Morgan fingerprint density at radius 1 is 1.33 bits per heavy atom. The van der Waals surface area contributed by atoms with E-state index in [2.05, 4.69) is 0 Å². The number of aryl methyl sites for hydroxylation is 1. The topological polar surface area (TPSA) is 55.6 Å². The van der Waals surface area contributed by atoms with E-state index in [4.69, 9.17) is 22.7 Å². The fourth-order valence-corrected chi connectivity index (χ4v) is 1.84. The number of rotatable bonds is 7. The molecule has 0 unspecified atom stereocenters. The Bertz CT molecular complexity index is 538. The number of carbonyl (C=O) groups is 1. The molecule has 0 heterocycles. The first-order valence-electron chi connectivity index (χ1n) is 6.39. The number of ether oxygens (including phenoxy) is 1. The van der Waals surface area contributed by atoms with Crippen LogP contribution in [0.2, 0.25) is 0 Å². The van der Waals surface area contributed by atoms with Crippen molar-refractivity contribution in [3.8, 4) is 0 Å². The SMILES string of the molecule is COCCN(CCC(N)=S)C(=O)c1cc(C)c(F)cc1F. The number of halogens is 2. The molecule has 4 nitrogen and oxygen atoms in total. The van der Waals surface area contributed by atoms with Crippen LogP contribution in [0.4, 0.5) is 8.78 Å². The highest BCUT2D eigenvalue weighted by Crippen LogP contribution is 2.16. The zero-order valence-electron chi connectivity index (χ0n) is 12.0. The minimum Gasteiger partial charge on any atom is -0.393 e. The number of hydrogen-bond acceptors (Lipinski definition) is 3. The van der Waals surface area contributed by atoms with Crippen LogP contribution in [0.15, 0.2) is 12.1 Å². The first-order chi connectivity index (χ1) is 9.86. The average molecular weight is 316 g/mol. The van der Waals surface area contributed by atoms with Gasteiger partial charge in [-0.05, 0) is 18.6 Å². The Hall–Kier alpha value is -1.60. The predicted octanol–water partition coefficient (Wildman–Crippen LogP) is 2.04. The summed E-state index contributed by atoms with van der Waals surface area (Å²) in [4.78, 5) is 14.0. The smallest absolute Gasteiger partial charge is 0.256 e. The number of carbonyl (C=O) groups excluding carboxylic acids is 1. The van der Waals surface area contributed by atoms with Gasteiger partial charge in [0.2, 0.25) is 0 Å². The zero-order valence-corrected chi connectivity index (χ0v) is 12.8. The fourth-order valence-electron chi connectivity index (χ4n) is 1.75. The van der Waals surface area contributed by atoms with Crippen LogP contribution in [-0.4, -0.2) is 42.6 Å². The molecular formula is C14H18F2N2O2S. The number of amides is 1. The third-order valence-electron chi connectivity index (χ3n) is 2.96. The van der Waals surface area contributed by atoms with Gasteiger partial charge in [-0.1, -0.05) is 12.2 Å². The molecule has 0 spiro atoms. The van der Waals surface area contributed by atoms with Crippen molar-refractivity contribution in [3.05, 3.63) is 34.9 Å². The van der Waals surface area contributed by atoms with Crippen molar-refractivity contribution in [2.75, 3.05) is 26.8 Å². The van der Waals surface area contributed by atoms with Gasteiger partial charge in [0.15, 0.2) is 0 Å². The minimum absolute atomic E-state index is 0.173. The van der Waals surface area contributed by atoms with Gasteiger partial charge >= 0.3 is 0 Å². The van der Waals surface area contributed by atoms with Crippen molar-refractivity contribution in [2.24, 2.45) is 5.73 Å². The molecule has 1 aromatic rings. The van der Waals surface area contributed by atoms with Gasteiger partial charge in [0.25, 0.3) is 5.91 Å². The molecule has 2 N–H and O–H groups in total. The Morgan fingerprint density at radius 3 is 2.57 bits per heavy atom. The highest BCUT2D eigenvalue weighted by molar-refractivity contribution is 7.80. The van der Waals surface area contributed by atoms with E-state index in [1.54, 1.807) is 0 Å². The first-order valence-corrected chi connectivity index (χ1v) is 6.79. The Morgan fingerprint density at radius 2 is 2.00 bits per heavy atom. The maximum atomic E-state index is 13.8. The normalized spacial score (nSPS) is 10.5. The molecule has 0 aliphatic heterocycles. The van der Waals surface area contributed by atoms with Crippen molar-refractivity contribution in [2.45, 2.75) is 13.3 Å². The van der Waals surface area contributed by atoms with E-state index in [0.29, 0.717) is 19.1 Å². The summed E-state index contributed by atoms with van der Waals surface area (Å²) in [5, 5.41) is 0. The zero-order chi connectivity index (χ0) is 16.0. The Labute approximate surface area is 127 Å². The summed E-state index contributed by atoms with van der Waals surface area (Å²) in [7, 11) is 1.50. The summed E-state index contributed by atoms with van der Waals surface area (Å²) in [6.07, 6.45) is 0.326. The number of hydrogen-bond donors (Lipinski definition) is 1. The van der Waals surface area contributed by atoms with Crippen molar-refractivity contribution in [3.63, 3.8) is 0 Å². The molecule has 0 saturated heterocycles. The molecule has 0 fully saturated rings. The lowest BCUT2D eigenvalue weighted by Gasteiger charge is -2.22. The first kappa shape index (κ1) is 17.5. The monoisotopic (exact) mass is 316 g/mol. The van der Waals surface area contributed by atoms with E-state index in [-0.39, 0.29) is 29.2 Å². The standard InChI is InChI=1S/C14H18F2N2O2S/c1-9-7-10(12(16)8-11(9)15)14(19)18(5-6-20-2)4-3-13(17)21/h7-8H,3-6H2,1-2H3,(H2,17,21). The number of methoxy groups -OCH3 is 1. The quantitative estimate of drug-likeness (QED) is 0.782. The molecule has 0 atom stereocenters. The van der Waals surface area contributed by atoms with Crippen LogP contribution in [0.25, 0.3) is 0 Å². The van der Waals surface area contributed by atoms with Gasteiger partial charge in [0.1, 0.15) is 11.6 Å². The predicted molar refractivity (Wildman–Crippen MR) is 80.3 cm³/mol. The van der Waals surface area contributed by atoms with E-state index in [9.17, 15) is 13.6 Å². The van der Waals surface area contributed by atoms with Gasteiger partial charge in [-0.25, -0.2) is 8.78 Å². The van der Waals surface area contributed by atoms with Gasteiger partial charge in [0, 0.05) is 32.7 Å². The molecule has 1 aromatic carbocycles. The second kappa shape index (κ2) is 7.99.